The molecule has 0 aliphatic rings. The average Bonchev–Trinajstić information content (AvgIpc) is 2.22. The molecule has 0 aromatic rings. The zero-order valence-corrected chi connectivity index (χ0v) is 13.8. The van der Waals surface area contributed by atoms with Gasteiger partial charge in [0.25, 0.3) is 0 Å². The number of halogens is 1. The first-order chi connectivity index (χ1) is 7.73. The molecule has 4 heteroatoms. The van der Waals surface area contributed by atoms with E-state index in [0.717, 1.165) is 6.29 Å². The van der Waals surface area contributed by atoms with Crippen molar-refractivity contribution in [3.8, 4) is 0 Å². The van der Waals surface area contributed by atoms with Crippen LogP contribution in [0.15, 0.2) is 0 Å². The fourth-order valence-electron chi connectivity index (χ4n) is 1.95. The molecule has 0 rings (SSSR count). The number of hydrogen-bond acceptors (Lipinski definition) is 2. The number of carbonyl (C=O) groups is 2. The Morgan fingerprint density at radius 2 is 1.53 bits per heavy atom. The van der Waals surface area contributed by atoms with Gasteiger partial charge < -0.3 is 4.79 Å². The van der Waals surface area contributed by atoms with Crippen molar-refractivity contribution >= 4 is 35.1 Å². The van der Waals surface area contributed by atoms with Gasteiger partial charge in [0.1, 0.15) is 6.29 Å². The van der Waals surface area contributed by atoms with Crippen LogP contribution in [0.1, 0.15) is 41.5 Å². The molecule has 0 heterocycles. The van der Waals surface area contributed by atoms with E-state index >= 15 is 0 Å². The number of aldehydes is 1. The summed E-state index contributed by atoms with van der Waals surface area (Å²) < 4.78 is 1.71. The summed E-state index contributed by atoms with van der Waals surface area (Å²) in [5.74, 6) is 0.0312. The van der Waals surface area contributed by atoms with Gasteiger partial charge in [-0.15, -0.1) is 0 Å². The molecule has 2 atom stereocenters. The summed E-state index contributed by atoms with van der Waals surface area (Å²) in [5.41, 5.74) is 0. The Morgan fingerprint density at radius 1 is 1.06 bits per heavy atom. The fraction of sp³-hybridized carbons (Fsp3) is 0.846. The van der Waals surface area contributed by atoms with Crippen molar-refractivity contribution in [1.82, 2.24) is 3.11 Å². The minimum atomic E-state index is -0.216. The Bertz CT molecular complexity index is 264. The van der Waals surface area contributed by atoms with Crippen LogP contribution in [0, 0.1) is 23.7 Å². The molecule has 2 unspecified atom stereocenters. The molecule has 0 fully saturated rings. The van der Waals surface area contributed by atoms with Crippen LogP contribution in [0.3, 0.4) is 0 Å². The molecule has 0 saturated carbocycles. The molecule has 0 aliphatic carbocycles. The van der Waals surface area contributed by atoms with Gasteiger partial charge in [-0.2, -0.15) is 0 Å². The van der Waals surface area contributed by atoms with E-state index < -0.39 is 0 Å². The van der Waals surface area contributed by atoms with E-state index in [4.69, 9.17) is 0 Å². The maximum Gasteiger partial charge on any atom is 0.235 e. The zero-order valence-electron chi connectivity index (χ0n) is 11.6. The molecule has 17 heavy (non-hydrogen) atoms. The predicted molar refractivity (Wildman–Crippen MR) is 78.7 cm³/mol. The summed E-state index contributed by atoms with van der Waals surface area (Å²) in [6.07, 6.45) is 0.943. The van der Waals surface area contributed by atoms with Gasteiger partial charge in [-0.05, 0) is 25.7 Å². The number of carbonyl (C=O) groups excluding carboxylic acids is 2. The number of hydrogen-bond donors (Lipinski definition) is 0. The van der Waals surface area contributed by atoms with Gasteiger partial charge in [0, 0.05) is 12.0 Å². The average molecular weight is 353 g/mol. The van der Waals surface area contributed by atoms with E-state index in [-0.39, 0.29) is 35.6 Å². The van der Waals surface area contributed by atoms with Crippen LogP contribution >= 0.6 is 22.9 Å². The van der Waals surface area contributed by atoms with Crippen LogP contribution in [-0.4, -0.2) is 21.3 Å². The molecule has 0 aromatic carbocycles. The fourth-order valence-corrected chi connectivity index (χ4v) is 2.27. The highest BCUT2D eigenvalue weighted by atomic mass is 127. The Kier molecular flexibility index (Phi) is 7.28. The summed E-state index contributed by atoms with van der Waals surface area (Å²) >= 11 is 2.05. The lowest BCUT2D eigenvalue weighted by molar-refractivity contribution is -0.137. The second kappa shape index (κ2) is 7.34. The number of amides is 1. The largest absolute Gasteiger partial charge is 0.303 e. The first-order valence-corrected chi connectivity index (χ1v) is 7.14. The molecule has 3 nitrogen and oxygen atoms in total. The first kappa shape index (κ1) is 16.9. The summed E-state index contributed by atoms with van der Waals surface area (Å²) in [4.78, 5) is 23.6. The van der Waals surface area contributed by atoms with Crippen LogP contribution in [0.2, 0.25) is 0 Å². The predicted octanol–water partition coefficient (Wildman–Crippen LogP) is 3.32. The molecule has 0 bridgehead atoms. The summed E-state index contributed by atoms with van der Waals surface area (Å²) in [7, 11) is 0. The van der Waals surface area contributed by atoms with E-state index in [1.54, 1.807) is 3.11 Å². The maximum absolute atomic E-state index is 12.4. The van der Waals surface area contributed by atoms with Crippen molar-refractivity contribution in [3.63, 3.8) is 0 Å². The Hall–Kier alpha value is -0.130. The number of nitrogens with zero attached hydrogens (tertiary/aromatic N) is 1. The normalized spacial score (nSPS) is 15.2. The molecule has 0 spiro atoms. The molecule has 1 amide bonds. The topological polar surface area (TPSA) is 37.4 Å². The summed E-state index contributed by atoms with van der Waals surface area (Å²) in [5, 5.41) is 0. The molecule has 0 saturated heterocycles. The van der Waals surface area contributed by atoms with Crippen molar-refractivity contribution in [1.29, 1.82) is 0 Å². The lowest BCUT2D eigenvalue weighted by atomic mass is 9.77. The van der Waals surface area contributed by atoms with E-state index in [9.17, 15) is 9.59 Å². The standard InChI is InChI=1S/C13H24INO2/c1-8(2)11(7-16)12(9(3)4)13(17)15(14)10(5)6/h7-12H,1-6H3. The maximum atomic E-state index is 12.4. The lowest BCUT2D eigenvalue weighted by Gasteiger charge is -2.32. The third kappa shape index (κ3) is 4.56. The molecule has 100 valence electrons. The van der Waals surface area contributed by atoms with Gasteiger partial charge in [0.05, 0.1) is 28.8 Å². The second-order valence-electron chi connectivity index (χ2n) is 5.47. The van der Waals surface area contributed by atoms with Gasteiger partial charge in [0.15, 0.2) is 0 Å². The zero-order chi connectivity index (χ0) is 13.7. The third-order valence-electron chi connectivity index (χ3n) is 3.01. The van der Waals surface area contributed by atoms with Crippen LogP contribution in [-0.2, 0) is 9.59 Å². The third-order valence-corrected chi connectivity index (χ3v) is 4.60. The van der Waals surface area contributed by atoms with Crippen LogP contribution in [0.25, 0.3) is 0 Å². The van der Waals surface area contributed by atoms with Gasteiger partial charge in [-0.1, -0.05) is 27.7 Å². The van der Waals surface area contributed by atoms with Crippen molar-refractivity contribution in [3.05, 3.63) is 0 Å². The van der Waals surface area contributed by atoms with Crippen molar-refractivity contribution < 1.29 is 9.59 Å². The van der Waals surface area contributed by atoms with Crippen LogP contribution in [0.4, 0.5) is 0 Å². The molecule has 0 aromatic heterocycles. The van der Waals surface area contributed by atoms with Gasteiger partial charge >= 0.3 is 0 Å². The van der Waals surface area contributed by atoms with Gasteiger partial charge in [-0.25, -0.2) is 0 Å². The summed E-state index contributed by atoms with van der Waals surface area (Å²) in [6, 6.07) is 0.156. The Labute approximate surface area is 119 Å². The minimum Gasteiger partial charge on any atom is -0.303 e. The van der Waals surface area contributed by atoms with E-state index in [1.165, 1.54) is 0 Å². The minimum absolute atomic E-state index is 0.0707. The molecular formula is C13H24INO2. The van der Waals surface area contributed by atoms with E-state index in [2.05, 4.69) is 0 Å². The van der Waals surface area contributed by atoms with Crippen molar-refractivity contribution in [2.24, 2.45) is 23.7 Å². The highest BCUT2D eigenvalue weighted by Crippen LogP contribution is 2.29. The second-order valence-corrected chi connectivity index (χ2v) is 6.51. The smallest absolute Gasteiger partial charge is 0.235 e. The van der Waals surface area contributed by atoms with Crippen molar-refractivity contribution in [2.75, 3.05) is 0 Å². The molecular weight excluding hydrogens is 329 g/mol. The van der Waals surface area contributed by atoms with Crippen LogP contribution in [0.5, 0.6) is 0 Å². The van der Waals surface area contributed by atoms with Gasteiger partial charge in [-0.3, -0.25) is 7.91 Å². The van der Waals surface area contributed by atoms with Crippen molar-refractivity contribution in [2.45, 2.75) is 47.6 Å². The quantitative estimate of drug-likeness (QED) is 0.417. The molecule has 0 N–H and O–H groups in total. The first-order valence-electron chi connectivity index (χ1n) is 6.18. The van der Waals surface area contributed by atoms with Gasteiger partial charge in [0.2, 0.25) is 5.91 Å². The summed E-state index contributed by atoms with van der Waals surface area (Å²) in [6.45, 7) is 12.0. The highest BCUT2D eigenvalue weighted by molar-refractivity contribution is 14.1. The monoisotopic (exact) mass is 353 g/mol. The van der Waals surface area contributed by atoms with E-state index in [0.29, 0.717) is 0 Å². The Morgan fingerprint density at radius 3 is 1.76 bits per heavy atom. The SMILES string of the molecule is CC(C)C(C=O)C(C(=O)N(I)C(C)C)C(C)C. The molecule has 0 aliphatic heterocycles. The molecule has 0 radical (unpaired) electrons. The number of rotatable bonds is 6. The van der Waals surface area contributed by atoms with E-state index in [1.807, 2.05) is 64.4 Å². The Balaban J connectivity index is 5.09. The highest BCUT2D eigenvalue weighted by Gasteiger charge is 2.35. The lowest BCUT2D eigenvalue weighted by Crippen LogP contribution is -2.41. The van der Waals surface area contributed by atoms with Crippen LogP contribution < -0.4 is 0 Å².